The molecule has 0 fully saturated rings. The number of hydrogen-bond acceptors (Lipinski definition) is 5. The number of aryl methyl sites for hydroxylation is 1. The molecular weight excluding hydrogens is 338 g/mol. The second-order valence-electron chi connectivity index (χ2n) is 5.77. The van der Waals surface area contributed by atoms with Crippen molar-refractivity contribution in [3.8, 4) is 5.75 Å². The number of aromatic nitrogens is 2. The van der Waals surface area contributed by atoms with Crippen LogP contribution in [-0.2, 0) is 24.2 Å². The molecule has 0 atom stereocenters. The van der Waals surface area contributed by atoms with Crippen LogP contribution >= 0.6 is 11.8 Å². The maximum atomic E-state index is 12.7. The number of carbonyl (C=O) groups is 1. The van der Waals surface area contributed by atoms with Crippen LogP contribution in [0.1, 0.15) is 24.6 Å². The summed E-state index contributed by atoms with van der Waals surface area (Å²) in [6.07, 6.45) is 4.41. The summed E-state index contributed by atoms with van der Waals surface area (Å²) in [6, 6.07) is 7.16. The lowest BCUT2D eigenvalue weighted by Crippen LogP contribution is -2.31. The van der Waals surface area contributed by atoms with Crippen molar-refractivity contribution in [1.82, 2.24) is 9.55 Å². The number of amides is 1. The van der Waals surface area contributed by atoms with E-state index < -0.39 is 0 Å². The molecule has 1 aliphatic carbocycles. The summed E-state index contributed by atoms with van der Waals surface area (Å²) in [5.41, 5.74) is 2.22. The highest BCUT2D eigenvalue weighted by Gasteiger charge is 2.21. The van der Waals surface area contributed by atoms with Gasteiger partial charge in [-0.2, -0.15) is 0 Å². The summed E-state index contributed by atoms with van der Waals surface area (Å²) in [5.74, 6) is 0.505. The van der Waals surface area contributed by atoms with Crippen LogP contribution in [0.5, 0.6) is 5.75 Å². The van der Waals surface area contributed by atoms with E-state index in [4.69, 9.17) is 4.74 Å². The highest BCUT2D eigenvalue weighted by atomic mass is 32.2. The minimum Gasteiger partial charge on any atom is -0.494 e. The van der Waals surface area contributed by atoms with Gasteiger partial charge in [-0.15, -0.1) is 0 Å². The molecule has 1 amide bonds. The van der Waals surface area contributed by atoms with E-state index in [1.54, 1.807) is 24.3 Å². The highest BCUT2D eigenvalue weighted by molar-refractivity contribution is 7.98. The van der Waals surface area contributed by atoms with Crippen LogP contribution in [0.3, 0.4) is 0 Å². The van der Waals surface area contributed by atoms with Gasteiger partial charge in [0.25, 0.3) is 5.56 Å². The molecule has 0 saturated heterocycles. The average Bonchev–Trinajstić information content (AvgIpc) is 3.08. The number of anilines is 1. The molecule has 1 aromatic heterocycles. The van der Waals surface area contributed by atoms with E-state index in [1.807, 2.05) is 13.2 Å². The fraction of sp³-hybridized carbons (Fsp3) is 0.389. The molecule has 6 nitrogen and oxygen atoms in total. The van der Waals surface area contributed by atoms with E-state index in [1.165, 1.54) is 16.3 Å². The van der Waals surface area contributed by atoms with Gasteiger partial charge in [-0.3, -0.25) is 14.2 Å². The second kappa shape index (κ2) is 7.74. The number of hydrogen-bond donors (Lipinski definition) is 1. The summed E-state index contributed by atoms with van der Waals surface area (Å²) < 4.78 is 6.85. The van der Waals surface area contributed by atoms with E-state index in [2.05, 4.69) is 10.3 Å². The molecule has 1 aliphatic rings. The quantitative estimate of drug-likeness (QED) is 0.634. The van der Waals surface area contributed by atoms with Crippen molar-refractivity contribution in [1.29, 1.82) is 0 Å². The Labute approximate surface area is 150 Å². The SMILES string of the molecule is CCOc1ccc(NC(=O)Cn2c(SC)nc3c(c2=O)CCC3)cc1. The van der Waals surface area contributed by atoms with Gasteiger partial charge in [0.1, 0.15) is 12.3 Å². The summed E-state index contributed by atoms with van der Waals surface area (Å²) in [4.78, 5) is 29.6. The first-order valence-electron chi connectivity index (χ1n) is 8.31. The molecule has 1 heterocycles. The number of carbonyl (C=O) groups excluding carboxylic acids is 1. The van der Waals surface area contributed by atoms with Crippen molar-refractivity contribution in [3.05, 3.63) is 45.9 Å². The van der Waals surface area contributed by atoms with Gasteiger partial charge in [-0.05, 0) is 56.7 Å². The number of rotatable bonds is 6. The Hall–Kier alpha value is -2.28. The molecule has 1 aromatic carbocycles. The van der Waals surface area contributed by atoms with Crippen molar-refractivity contribution in [2.24, 2.45) is 0 Å². The maximum absolute atomic E-state index is 12.7. The van der Waals surface area contributed by atoms with E-state index in [9.17, 15) is 9.59 Å². The fourth-order valence-electron chi connectivity index (χ4n) is 2.95. The first-order chi connectivity index (χ1) is 12.1. The van der Waals surface area contributed by atoms with E-state index >= 15 is 0 Å². The predicted octanol–water partition coefficient (Wildman–Crippen LogP) is 2.49. The van der Waals surface area contributed by atoms with Crippen molar-refractivity contribution in [2.75, 3.05) is 18.2 Å². The zero-order valence-electron chi connectivity index (χ0n) is 14.4. The Morgan fingerprint density at radius 2 is 2.08 bits per heavy atom. The molecule has 1 N–H and O–H groups in total. The average molecular weight is 359 g/mol. The van der Waals surface area contributed by atoms with Crippen molar-refractivity contribution in [2.45, 2.75) is 37.9 Å². The van der Waals surface area contributed by atoms with Crippen LogP contribution < -0.4 is 15.6 Å². The minimum atomic E-state index is -0.249. The molecular formula is C18H21N3O3S. The van der Waals surface area contributed by atoms with Gasteiger partial charge in [-0.25, -0.2) is 4.98 Å². The van der Waals surface area contributed by atoms with Crippen molar-refractivity contribution in [3.63, 3.8) is 0 Å². The third kappa shape index (κ3) is 3.87. The summed E-state index contributed by atoms with van der Waals surface area (Å²) >= 11 is 1.39. The molecule has 0 saturated carbocycles. The maximum Gasteiger partial charge on any atom is 0.258 e. The zero-order valence-corrected chi connectivity index (χ0v) is 15.2. The molecule has 0 bridgehead atoms. The summed E-state index contributed by atoms with van der Waals surface area (Å²) in [6.45, 7) is 2.47. The third-order valence-electron chi connectivity index (χ3n) is 4.09. The number of thioether (sulfide) groups is 1. The van der Waals surface area contributed by atoms with Crippen LogP contribution in [0.15, 0.2) is 34.2 Å². The lowest BCUT2D eigenvalue weighted by atomic mass is 10.2. The molecule has 0 aliphatic heterocycles. The molecule has 132 valence electrons. The van der Waals surface area contributed by atoms with E-state index in [0.717, 1.165) is 36.3 Å². The molecule has 3 rings (SSSR count). The number of nitrogens with one attached hydrogen (secondary N) is 1. The monoisotopic (exact) mass is 359 g/mol. The van der Waals surface area contributed by atoms with Crippen LogP contribution in [-0.4, -0.2) is 28.3 Å². The second-order valence-corrected chi connectivity index (χ2v) is 6.55. The largest absolute Gasteiger partial charge is 0.494 e. The van der Waals surface area contributed by atoms with Gasteiger partial charge < -0.3 is 10.1 Å². The van der Waals surface area contributed by atoms with E-state index in [0.29, 0.717) is 17.5 Å². The Balaban J connectivity index is 1.76. The lowest BCUT2D eigenvalue weighted by Gasteiger charge is -2.13. The topological polar surface area (TPSA) is 73.2 Å². The minimum absolute atomic E-state index is 0.0392. The van der Waals surface area contributed by atoms with Crippen LogP contribution in [0.25, 0.3) is 0 Å². The zero-order chi connectivity index (χ0) is 17.8. The van der Waals surface area contributed by atoms with Crippen LogP contribution in [0.2, 0.25) is 0 Å². The van der Waals surface area contributed by atoms with Gasteiger partial charge in [0, 0.05) is 11.3 Å². The summed E-state index contributed by atoms with van der Waals surface area (Å²) in [5, 5.41) is 3.41. The number of nitrogens with zero attached hydrogens (tertiary/aromatic N) is 2. The van der Waals surface area contributed by atoms with Crippen LogP contribution in [0.4, 0.5) is 5.69 Å². The normalized spacial score (nSPS) is 12.7. The van der Waals surface area contributed by atoms with Gasteiger partial charge in [0.05, 0.1) is 12.3 Å². The van der Waals surface area contributed by atoms with Crippen LogP contribution in [0, 0.1) is 0 Å². The number of benzene rings is 1. The molecule has 0 radical (unpaired) electrons. The third-order valence-corrected chi connectivity index (χ3v) is 4.76. The molecule has 0 unspecified atom stereocenters. The van der Waals surface area contributed by atoms with Gasteiger partial charge in [0.2, 0.25) is 5.91 Å². The van der Waals surface area contributed by atoms with E-state index in [-0.39, 0.29) is 18.0 Å². The molecule has 0 spiro atoms. The van der Waals surface area contributed by atoms with Crippen molar-refractivity contribution < 1.29 is 9.53 Å². The standard InChI is InChI=1S/C18H21N3O3S/c1-3-24-13-9-7-12(8-10-13)19-16(22)11-21-17(23)14-5-4-6-15(14)20-18(21)25-2/h7-10H,3-6,11H2,1-2H3,(H,19,22). The van der Waals surface area contributed by atoms with Gasteiger partial charge >= 0.3 is 0 Å². The fourth-order valence-corrected chi connectivity index (χ4v) is 3.52. The van der Waals surface area contributed by atoms with Gasteiger partial charge in [-0.1, -0.05) is 11.8 Å². The summed E-state index contributed by atoms with van der Waals surface area (Å²) in [7, 11) is 0. The Bertz CT molecular complexity index is 831. The molecule has 7 heteroatoms. The Kier molecular flexibility index (Phi) is 5.43. The Morgan fingerprint density at radius 3 is 2.76 bits per heavy atom. The smallest absolute Gasteiger partial charge is 0.258 e. The molecule has 2 aromatic rings. The van der Waals surface area contributed by atoms with Crippen molar-refractivity contribution >= 4 is 23.4 Å². The Morgan fingerprint density at radius 1 is 1.32 bits per heavy atom. The predicted molar refractivity (Wildman–Crippen MR) is 98.5 cm³/mol. The van der Waals surface area contributed by atoms with Gasteiger partial charge in [0.15, 0.2) is 5.16 Å². The first-order valence-corrected chi connectivity index (χ1v) is 9.54. The highest BCUT2D eigenvalue weighted by Crippen LogP contribution is 2.20. The lowest BCUT2D eigenvalue weighted by molar-refractivity contribution is -0.116. The first kappa shape index (κ1) is 17.5. The molecule has 25 heavy (non-hydrogen) atoms. The number of fused-ring (bicyclic) bond motifs is 1. The number of ether oxygens (including phenoxy) is 1.